The molecule has 3 aliphatic rings. The van der Waals surface area contributed by atoms with Gasteiger partial charge in [-0.15, -0.1) is 0 Å². The molecular weight excluding hydrogens is 511 g/mol. The van der Waals surface area contributed by atoms with E-state index >= 15 is 0 Å². The first-order chi connectivity index (χ1) is 17.6. The minimum atomic E-state index is -4.65. The van der Waals surface area contributed by atoms with Crippen LogP contribution in [0.25, 0.3) is 0 Å². The molecule has 0 aliphatic carbocycles. The average Bonchev–Trinajstić information content (AvgIpc) is 3.17. The molecule has 3 aliphatic heterocycles. The van der Waals surface area contributed by atoms with Gasteiger partial charge in [-0.1, -0.05) is 12.1 Å². The lowest BCUT2D eigenvalue weighted by molar-refractivity contribution is -0.138. The number of hydrogen-bond acceptors (Lipinski definition) is 6. The molecule has 0 atom stereocenters. The zero-order chi connectivity index (χ0) is 26.6. The van der Waals surface area contributed by atoms with Crippen molar-refractivity contribution in [3.63, 3.8) is 0 Å². The van der Waals surface area contributed by atoms with E-state index < -0.39 is 40.3 Å². The highest BCUT2D eigenvalue weighted by Gasteiger charge is 2.40. The van der Waals surface area contributed by atoms with E-state index in [9.17, 15) is 32.3 Å². The number of likely N-dealkylation sites (tertiary alicyclic amines) is 1. The van der Waals surface area contributed by atoms with Crippen LogP contribution in [0.1, 0.15) is 48.0 Å². The smallest absolute Gasteiger partial charge is 0.381 e. The highest BCUT2D eigenvalue weighted by atomic mass is 32.2. The normalized spacial score (nSPS) is 19.5. The van der Waals surface area contributed by atoms with E-state index in [2.05, 4.69) is 5.32 Å². The van der Waals surface area contributed by atoms with Gasteiger partial charge in [-0.25, -0.2) is 0 Å². The first-order valence-corrected chi connectivity index (χ1v) is 13.0. The number of amides is 4. The number of piperidine rings is 1. The van der Waals surface area contributed by atoms with Gasteiger partial charge >= 0.3 is 6.18 Å². The van der Waals surface area contributed by atoms with Gasteiger partial charge in [-0.2, -0.15) is 13.2 Å². The number of ether oxygens (including phenoxy) is 1. The van der Waals surface area contributed by atoms with Gasteiger partial charge in [-0.05, 0) is 67.5 Å². The van der Waals surface area contributed by atoms with Crippen LogP contribution in [0, 0.1) is 5.92 Å². The van der Waals surface area contributed by atoms with E-state index in [1.807, 2.05) is 0 Å². The van der Waals surface area contributed by atoms with Crippen molar-refractivity contribution in [2.75, 3.05) is 39.4 Å². The van der Waals surface area contributed by atoms with Gasteiger partial charge in [0.2, 0.25) is 5.91 Å². The molecule has 37 heavy (non-hydrogen) atoms. The van der Waals surface area contributed by atoms with Crippen LogP contribution >= 0.6 is 11.8 Å². The van der Waals surface area contributed by atoms with Crippen molar-refractivity contribution in [1.29, 1.82) is 0 Å². The Kier molecular flexibility index (Phi) is 8.58. The van der Waals surface area contributed by atoms with E-state index in [0.717, 1.165) is 61.3 Å². The summed E-state index contributed by atoms with van der Waals surface area (Å²) in [7, 11) is 0. The molecule has 0 radical (unpaired) electrons. The third kappa shape index (κ3) is 6.53. The number of carbonyl (C=O) groups excluding carboxylic acids is 4. The van der Waals surface area contributed by atoms with Crippen LogP contribution in [-0.4, -0.2) is 72.2 Å². The zero-order valence-corrected chi connectivity index (χ0v) is 21.0. The van der Waals surface area contributed by atoms with Gasteiger partial charge in [0.1, 0.15) is 6.54 Å². The molecule has 12 heteroatoms. The van der Waals surface area contributed by atoms with Crippen LogP contribution in [0.2, 0.25) is 0 Å². The lowest BCUT2D eigenvalue weighted by atomic mass is 9.97. The first-order valence-electron chi connectivity index (χ1n) is 12.2. The maximum atomic E-state index is 13.3. The number of carbonyl (C=O) groups is 4. The van der Waals surface area contributed by atoms with Crippen molar-refractivity contribution in [2.45, 2.75) is 38.3 Å². The second kappa shape index (κ2) is 11.7. The summed E-state index contributed by atoms with van der Waals surface area (Å²) < 4.78 is 45.3. The van der Waals surface area contributed by atoms with Crippen molar-refractivity contribution in [3.05, 3.63) is 45.9 Å². The Balaban J connectivity index is 1.32. The summed E-state index contributed by atoms with van der Waals surface area (Å²) in [5, 5.41) is 2.23. The van der Waals surface area contributed by atoms with Gasteiger partial charge in [0.15, 0.2) is 0 Å². The van der Waals surface area contributed by atoms with Crippen LogP contribution < -0.4 is 5.32 Å². The molecule has 8 nitrogen and oxygen atoms in total. The SMILES string of the molecule is O=C(CN1C(=O)SC(=C2CCN(C(=O)c3ccccc3C(F)(F)F)CC2)C1=O)NCCC1CCOCC1. The molecule has 0 bridgehead atoms. The summed E-state index contributed by atoms with van der Waals surface area (Å²) in [4.78, 5) is 52.9. The Morgan fingerprint density at radius 2 is 1.76 bits per heavy atom. The topological polar surface area (TPSA) is 96.0 Å². The predicted octanol–water partition coefficient (Wildman–Crippen LogP) is 3.82. The molecule has 1 aromatic rings. The maximum Gasteiger partial charge on any atom is 0.417 e. The average molecular weight is 540 g/mol. The molecule has 3 heterocycles. The second-order valence-electron chi connectivity index (χ2n) is 9.22. The highest BCUT2D eigenvalue weighted by molar-refractivity contribution is 8.18. The summed E-state index contributed by atoms with van der Waals surface area (Å²) >= 11 is 0.760. The lowest BCUT2D eigenvalue weighted by Gasteiger charge is -2.29. The number of thioether (sulfide) groups is 1. The molecule has 1 N–H and O–H groups in total. The largest absolute Gasteiger partial charge is 0.417 e. The number of halogens is 3. The highest BCUT2D eigenvalue weighted by Crippen LogP contribution is 2.37. The fourth-order valence-electron chi connectivity index (χ4n) is 4.70. The first kappa shape index (κ1) is 27.2. The number of nitrogens with one attached hydrogen (secondary N) is 1. The van der Waals surface area contributed by atoms with Crippen LogP contribution in [0.5, 0.6) is 0 Å². The molecule has 0 saturated carbocycles. The lowest BCUT2D eigenvalue weighted by Crippen LogP contribution is -2.40. The molecule has 3 fully saturated rings. The summed E-state index contributed by atoms with van der Waals surface area (Å²) in [6.45, 7) is 1.78. The monoisotopic (exact) mass is 539 g/mol. The summed E-state index contributed by atoms with van der Waals surface area (Å²) in [5.41, 5.74) is -0.738. The van der Waals surface area contributed by atoms with Crippen molar-refractivity contribution >= 4 is 34.7 Å². The number of alkyl halides is 3. The Hall–Kier alpha value is -2.86. The van der Waals surface area contributed by atoms with Crippen molar-refractivity contribution in [1.82, 2.24) is 15.1 Å². The maximum absolute atomic E-state index is 13.3. The number of imide groups is 1. The molecule has 4 amide bonds. The van der Waals surface area contributed by atoms with E-state index in [4.69, 9.17) is 4.74 Å². The van der Waals surface area contributed by atoms with E-state index in [-0.39, 0.29) is 37.4 Å². The Morgan fingerprint density at radius 3 is 2.43 bits per heavy atom. The number of nitrogens with zero attached hydrogens (tertiary/aromatic N) is 2. The van der Waals surface area contributed by atoms with Crippen LogP contribution in [0.3, 0.4) is 0 Å². The molecule has 4 rings (SSSR count). The third-order valence-corrected chi connectivity index (χ3v) is 7.87. The van der Waals surface area contributed by atoms with Gasteiger partial charge in [-0.3, -0.25) is 24.1 Å². The second-order valence-corrected chi connectivity index (χ2v) is 10.2. The Morgan fingerprint density at radius 1 is 1.08 bits per heavy atom. The summed E-state index contributed by atoms with van der Waals surface area (Å²) in [5.74, 6) is -1.20. The summed E-state index contributed by atoms with van der Waals surface area (Å²) in [6.07, 6.45) is -1.43. The van der Waals surface area contributed by atoms with Crippen molar-refractivity contribution < 1.29 is 37.1 Å². The minimum Gasteiger partial charge on any atom is -0.381 e. The fourth-order valence-corrected chi connectivity index (χ4v) is 5.67. The molecule has 3 saturated heterocycles. The molecule has 200 valence electrons. The minimum absolute atomic E-state index is 0.124. The van der Waals surface area contributed by atoms with Gasteiger partial charge in [0.25, 0.3) is 17.1 Å². The van der Waals surface area contributed by atoms with Gasteiger partial charge in [0, 0.05) is 32.8 Å². The van der Waals surface area contributed by atoms with Crippen molar-refractivity contribution in [3.8, 4) is 0 Å². The number of benzene rings is 1. The van der Waals surface area contributed by atoms with E-state index in [0.29, 0.717) is 18.0 Å². The fraction of sp³-hybridized carbons (Fsp3) is 0.520. The van der Waals surface area contributed by atoms with Crippen molar-refractivity contribution in [2.24, 2.45) is 5.92 Å². The number of hydrogen-bond donors (Lipinski definition) is 1. The summed E-state index contributed by atoms with van der Waals surface area (Å²) in [6, 6.07) is 4.64. The molecule has 1 aromatic carbocycles. The van der Waals surface area contributed by atoms with Crippen LogP contribution in [0.15, 0.2) is 34.7 Å². The van der Waals surface area contributed by atoms with E-state index in [1.165, 1.54) is 17.0 Å². The van der Waals surface area contributed by atoms with Crippen LogP contribution in [-0.2, 0) is 20.5 Å². The molecule has 0 spiro atoms. The molecular formula is C25H28F3N3O5S. The predicted molar refractivity (Wildman–Crippen MR) is 129 cm³/mol. The Labute approximate surface area is 216 Å². The van der Waals surface area contributed by atoms with Gasteiger partial charge < -0.3 is 15.0 Å². The molecule has 0 aromatic heterocycles. The Bertz CT molecular complexity index is 1090. The van der Waals surface area contributed by atoms with Crippen LogP contribution in [0.4, 0.5) is 18.0 Å². The standard InChI is InChI=1S/C25H28F3N3O5S/c26-25(27,28)19-4-2-1-3-18(19)22(33)30-11-6-17(7-12-30)21-23(34)31(24(35)37-21)15-20(32)29-10-5-16-8-13-36-14-9-16/h1-4,16H,5-15H2,(H,29,32). The zero-order valence-electron chi connectivity index (χ0n) is 20.1. The number of rotatable bonds is 6. The molecule has 0 unspecified atom stereocenters. The third-order valence-electron chi connectivity index (χ3n) is 6.80. The quantitative estimate of drug-likeness (QED) is 0.553. The van der Waals surface area contributed by atoms with Gasteiger partial charge in [0.05, 0.1) is 16.0 Å². The van der Waals surface area contributed by atoms with E-state index in [1.54, 1.807) is 0 Å².